The molecule has 1 aromatic heterocycles. The second-order valence-corrected chi connectivity index (χ2v) is 8.29. The summed E-state index contributed by atoms with van der Waals surface area (Å²) in [6.45, 7) is 11.0. The van der Waals surface area contributed by atoms with Crippen molar-refractivity contribution in [3.8, 4) is 0 Å². The molecule has 166 valence electrons. The van der Waals surface area contributed by atoms with E-state index in [1.165, 1.54) is 0 Å². The Morgan fingerprint density at radius 2 is 1.90 bits per heavy atom. The molecule has 1 aromatic rings. The van der Waals surface area contributed by atoms with E-state index in [4.69, 9.17) is 4.74 Å². The van der Waals surface area contributed by atoms with Crippen molar-refractivity contribution in [2.45, 2.75) is 84.8 Å². The van der Waals surface area contributed by atoms with Gasteiger partial charge in [-0.15, -0.1) is 0 Å². The van der Waals surface area contributed by atoms with Crippen LogP contribution in [0.3, 0.4) is 0 Å². The third-order valence-electron chi connectivity index (χ3n) is 5.53. The minimum Gasteiger partial charge on any atom is -0.379 e. The van der Waals surface area contributed by atoms with Crippen LogP contribution in [-0.2, 0) is 20.9 Å². The van der Waals surface area contributed by atoms with Crippen LogP contribution in [-0.4, -0.2) is 53.3 Å². The Hall–Kier alpha value is -1.89. The van der Waals surface area contributed by atoms with Crippen molar-refractivity contribution in [2.24, 2.45) is 5.92 Å². The van der Waals surface area contributed by atoms with E-state index >= 15 is 0 Å². The van der Waals surface area contributed by atoms with Gasteiger partial charge in [-0.1, -0.05) is 27.7 Å². The van der Waals surface area contributed by atoms with Gasteiger partial charge in [0.05, 0.1) is 17.8 Å². The SMILES string of the molecule is CC.CC(C)c1cc2n(n1)CCC(=O)N2.COC1(C)CCC(C(=O)N(C)C)CC1. The first-order chi connectivity index (χ1) is 13.6. The van der Waals surface area contributed by atoms with Crippen LogP contribution in [0.4, 0.5) is 5.82 Å². The molecule has 1 aliphatic heterocycles. The van der Waals surface area contributed by atoms with Crippen LogP contribution in [0, 0.1) is 5.92 Å². The Balaban J connectivity index is 0.000000268. The highest BCUT2D eigenvalue weighted by atomic mass is 16.5. The van der Waals surface area contributed by atoms with E-state index in [9.17, 15) is 9.59 Å². The lowest BCUT2D eigenvalue weighted by atomic mass is 9.79. The van der Waals surface area contributed by atoms with Crippen LogP contribution in [0.5, 0.6) is 0 Å². The molecule has 0 aromatic carbocycles. The second-order valence-electron chi connectivity index (χ2n) is 8.29. The quantitative estimate of drug-likeness (QED) is 0.819. The number of hydrogen-bond acceptors (Lipinski definition) is 4. The van der Waals surface area contributed by atoms with E-state index in [0.29, 0.717) is 18.9 Å². The summed E-state index contributed by atoms with van der Waals surface area (Å²) in [7, 11) is 5.41. The monoisotopic (exact) mass is 408 g/mol. The van der Waals surface area contributed by atoms with Gasteiger partial charge in [0.15, 0.2) is 0 Å². The summed E-state index contributed by atoms with van der Waals surface area (Å²) in [6, 6.07) is 1.95. The number of hydrogen-bond donors (Lipinski definition) is 1. The number of methoxy groups -OCH3 is 1. The number of amides is 2. The summed E-state index contributed by atoms with van der Waals surface area (Å²) in [5.74, 6) is 1.81. The molecule has 0 unspecified atom stereocenters. The lowest BCUT2D eigenvalue weighted by Gasteiger charge is -2.36. The van der Waals surface area contributed by atoms with Gasteiger partial charge in [-0.25, -0.2) is 4.68 Å². The van der Waals surface area contributed by atoms with Crippen LogP contribution in [0.1, 0.15) is 78.3 Å². The van der Waals surface area contributed by atoms with E-state index in [2.05, 4.69) is 31.2 Å². The number of aromatic nitrogens is 2. The molecule has 1 N–H and O–H groups in total. The van der Waals surface area contributed by atoms with Crippen molar-refractivity contribution < 1.29 is 14.3 Å². The first-order valence-electron chi connectivity index (χ1n) is 10.8. The molecule has 7 nitrogen and oxygen atoms in total. The first-order valence-corrected chi connectivity index (χ1v) is 10.8. The molecule has 0 atom stereocenters. The Morgan fingerprint density at radius 1 is 1.31 bits per heavy atom. The summed E-state index contributed by atoms with van der Waals surface area (Å²) >= 11 is 0. The second kappa shape index (κ2) is 11.3. The number of carbonyl (C=O) groups is 2. The maximum atomic E-state index is 11.7. The van der Waals surface area contributed by atoms with Gasteiger partial charge in [0.2, 0.25) is 11.8 Å². The molecule has 2 heterocycles. The average Bonchev–Trinajstić information content (AvgIpc) is 3.13. The highest BCUT2D eigenvalue weighted by Crippen LogP contribution is 2.34. The van der Waals surface area contributed by atoms with Crippen LogP contribution in [0.25, 0.3) is 0 Å². The Morgan fingerprint density at radius 3 is 2.38 bits per heavy atom. The Kier molecular flexibility index (Phi) is 9.83. The molecule has 0 saturated heterocycles. The van der Waals surface area contributed by atoms with Crippen molar-refractivity contribution in [3.05, 3.63) is 11.8 Å². The number of carbonyl (C=O) groups excluding carboxylic acids is 2. The van der Waals surface area contributed by atoms with Crippen molar-refractivity contribution in [1.82, 2.24) is 14.7 Å². The van der Waals surface area contributed by atoms with Gasteiger partial charge in [0.1, 0.15) is 5.82 Å². The number of rotatable bonds is 3. The largest absolute Gasteiger partial charge is 0.379 e. The maximum Gasteiger partial charge on any atom is 0.227 e. The zero-order valence-electron chi connectivity index (χ0n) is 19.5. The summed E-state index contributed by atoms with van der Waals surface area (Å²) in [6.07, 6.45) is 4.44. The maximum absolute atomic E-state index is 11.7. The lowest BCUT2D eigenvalue weighted by Crippen LogP contribution is -2.38. The molecular weight excluding hydrogens is 368 g/mol. The molecule has 0 bridgehead atoms. The van der Waals surface area contributed by atoms with E-state index < -0.39 is 0 Å². The fraction of sp³-hybridized carbons (Fsp3) is 0.773. The minimum atomic E-state index is 0.00307. The molecule has 1 saturated carbocycles. The Bertz CT molecular complexity index is 659. The Labute approximate surface area is 176 Å². The summed E-state index contributed by atoms with van der Waals surface area (Å²) < 4.78 is 7.30. The first kappa shape index (κ1) is 25.1. The van der Waals surface area contributed by atoms with Crippen molar-refractivity contribution >= 4 is 17.6 Å². The molecule has 0 radical (unpaired) electrons. The number of ether oxygens (including phenoxy) is 1. The lowest BCUT2D eigenvalue weighted by molar-refractivity contribution is -0.136. The summed E-state index contributed by atoms with van der Waals surface area (Å²) in [4.78, 5) is 24.4. The topological polar surface area (TPSA) is 76.5 Å². The van der Waals surface area contributed by atoms with Gasteiger partial charge >= 0.3 is 0 Å². The number of fused-ring (bicyclic) bond motifs is 1. The van der Waals surface area contributed by atoms with Crippen LogP contribution < -0.4 is 5.32 Å². The minimum absolute atomic E-state index is 0.00307. The van der Waals surface area contributed by atoms with E-state index in [1.54, 1.807) is 12.0 Å². The number of nitrogens with one attached hydrogen (secondary N) is 1. The van der Waals surface area contributed by atoms with Gasteiger partial charge in [-0.05, 0) is 38.5 Å². The zero-order chi connectivity index (χ0) is 22.2. The molecule has 2 aliphatic rings. The normalized spacial score (nSPS) is 23.1. The average molecular weight is 409 g/mol. The summed E-state index contributed by atoms with van der Waals surface area (Å²) in [5, 5.41) is 7.18. The summed E-state index contributed by atoms with van der Waals surface area (Å²) in [5.41, 5.74) is 1.04. The number of anilines is 1. The highest BCUT2D eigenvalue weighted by Gasteiger charge is 2.34. The molecule has 2 amide bonds. The van der Waals surface area contributed by atoms with E-state index in [-0.39, 0.29) is 23.3 Å². The molecule has 29 heavy (non-hydrogen) atoms. The molecule has 0 spiro atoms. The predicted octanol–water partition coefficient (Wildman–Crippen LogP) is 4.04. The van der Waals surface area contributed by atoms with Gasteiger partial charge in [-0.2, -0.15) is 5.10 Å². The van der Waals surface area contributed by atoms with Crippen molar-refractivity contribution in [1.29, 1.82) is 0 Å². The molecule has 1 fully saturated rings. The van der Waals surface area contributed by atoms with Crippen LogP contribution in [0.2, 0.25) is 0 Å². The van der Waals surface area contributed by atoms with Crippen LogP contribution in [0.15, 0.2) is 6.07 Å². The predicted molar refractivity (Wildman–Crippen MR) is 117 cm³/mol. The zero-order valence-corrected chi connectivity index (χ0v) is 19.5. The molecular formula is C22H40N4O3. The van der Waals surface area contributed by atoms with Crippen molar-refractivity contribution in [3.63, 3.8) is 0 Å². The fourth-order valence-electron chi connectivity index (χ4n) is 3.45. The number of aryl methyl sites for hydroxylation is 1. The molecule has 7 heteroatoms. The van der Waals surface area contributed by atoms with Gasteiger partial charge in [-0.3, -0.25) is 9.59 Å². The number of nitrogens with zero attached hydrogens (tertiary/aromatic N) is 3. The van der Waals surface area contributed by atoms with Gasteiger partial charge < -0.3 is 15.0 Å². The smallest absolute Gasteiger partial charge is 0.227 e. The van der Waals surface area contributed by atoms with Crippen LogP contribution >= 0.6 is 0 Å². The van der Waals surface area contributed by atoms with Gasteiger partial charge in [0.25, 0.3) is 0 Å². The molecule has 3 rings (SSSR count). The van der Waals surface area contributed by atoms with Gasteiger partial charge in [0, 0.05) is 39.6 Å². The third kappa shape index (κ3) is 7.14. The third-order valence-corrected chi connectivity index (χ3v) is 5.53. The standard InChI is InChI=1S/C11H21NO2.C9H13N3O.C2H6/c1-11(14-4)7-5-9(6-8-11)10(13)12(2)3;1-6(2)7-5-8-10-9(13)3-4-12(8)11-7;1-2/h9H,5-8H2,1-4H3;5-6H,3-4H2,1-2H3,(H,10,13);1-2H3. The van der Waals surface area contributed by atoms with Crippen molar-refractivity contribution in [2.75, 3.05) is 26.5 Å². The van der Waals surface area contributed by atoms with E-state index in [1.807, 2.05) is 38.7 Å². The van der Waals surface area contributed by atoms with E-state index in [0.717, 1.165) is 37.2 Å². The fourth-order valence-corrected chi connectivity index (χ4v) is 3.45. The highest BCUT2D eigenvalue weighted by molar-refractivity contribution is 5.91. The molecule has 1 aliphatic carbocycles.